The molecule has 1 rings (SSSR count). The van der Waals surface area contributed by atoms with Gasteiger partial charge in [0, 0.05) is 0 Å². The lowest BCUT2D eigenvalue weighted by atomic mass is 10.2. The number of hydrogen-bond acceptors (Lipinski definition) is 2. The van der Waals surface area contributed by atoms with Gasteiger partial charge in [0.15, 0.2) is 0 Å². The van der Waals surface area contributed by atoms with Crippen LogP contribution in [0.15, 0.2) is 0 Å². The lowest BCUT2D eigenvalue weighted by molar-refractivity contribution is 0.395. The van der Waals surface area contributed by atoms with Crippen molar-refractivity contribution in [3.63, 3.8) is 0 Å². The first-order chi connectivity index (χ1) is 5.11. The van der Waals surface area contributed by atoms with Crippen LogP contribution in [0.1, 0.15) is 38.5 Å². The minimum Gasteiger partial charge on any atom is -0.197 e. The van der Waals surface area contributed by atoms with E-state index in [2.05, 4.69) is 0 Å². The SMILES string of the molecule is [O]S(=O)(=O)C1CCCCCC1. The van der Waals surface area contributed by atoms with E-state index in [9.17, 15) is 13.0 Å². The third-order valence-electron chi connectivity index (χ3n) is 2.21. The molecule has 0 atom stereocenters. The molecule has 1 fully saturated rings. The van der Waals surface area contributed by atoms with Gasteiger partial charge in [0.25, 0.3) is 10.1 Å². The second-order valence-electron chi connectivity index (χ2n) is 3.11. The van der Waals surface area contributed by atoms with Crippen LogP contribution < -0.4 is 0 Å². The average Bonchev–Trinajstić information content (AvgIpc) is 2.10. The highest BCUT2D eigenvalue weighted by Gasteiger charge is 2.24. The van der Waals surface area contributed by atoms with Crippen LogP contribution in [0.5, 0.6) is 0 Å². The third-order valence-corrected chi connectivity index (χ3v) is 3.50. The van der Waals surface area contributed by atoms with E-state index in [4.69, 9.17) is 0 Å². The Labute approximate surface area is 67.6 Å². The van der Waals surface area contributed by atoms with E-state index in [-0.39, 0.29) is 0 Å². The second kappa shape index (κ2) is 3.54. The quantitative estimate of drug-likeness (QED) is 0.569. The average molecular weight is 177 g/mol. The molecule has 0 aromatic heterocycles. The molecule has 1 saturated carbocycles. The van der Waals surface area contributed by atoms with Crippen molar-refractivity contribution in [2.75, 3.05) is 0 Å². The molecule has 1 aliphatic rings. The summed E-state index contributed by atoms with van der Waals surface area (Å²) >= 11 is 0. The van der Waals surface area contributed by atoms with Gasteiger partial charge in [-0.15, -0.1) is 0 Å². The zero-order chi connectivity index (χ0) is 8.32. The molecule has 11 heavy (non-hydrogen) atoms. The van der Waals surface area contributed by atoms with E-state index in [0.717, 1.165) is 25.7 Å². The van der Waals surface area contributed by atoms with Crippen LogP contribution in [0.4, 0.5) is 0 Å². The largest absolute Gasteiger partial charge is 0.297 e. The highest BCUT2D eigenvalue weighted by atomic mass is 32.2. The Kier molecular flexibility index (Phi) is 2.90. The van der Waals surface area contributed by atoms with E-state index in [1.165, 1.54) is 0 Å². The second-order valence-corrected chi connectivity index (χ2v) is 4.76. The smallest absolute Gasteiger partial charge is 0.197 e. The molecule has 0 unspecified atom stereocenters. The molecule has 4 heteroatoms. The highest BCUT2D eigenvalue weighted by Crippen LogP contribution is 2.22. The Balaban J connectivity index is 2.57. The van der Waals surface area contributed by atoms with Crippen molar-refractivity contribution in [3.05, 3.63) is 0 Å². The van der Waals surface area contributed by atoms with Crippen LogP contribution in [-0.2, 0) is 14.7 Å². The molecule has 0 spiro atoms. The van der Waals surface area contributed by atoms with Crippen molar-refractivity contribution in [1.82, 2.24) is 0 Å². The highest BCUT2D eigenvalue weighted by molar-refractivity contribution is 7.86. The number of hydrogen-bond donors (Lipinski definition) is 0. The fourth-order valence-electron chi connectivity index (χ4n) is 1.53. The van der Waals surface area contributed by atoms with Crippen LogP contribution >= 0.6 is 0 Å². The van der Waals surface area contributed by atoms with Gasteiger partial charge in [-0.3, -0.25) is 0 Å². The molecular formula is C7H13O3S. The monoisotopic (exact) mass is 177 g/mol. The molecule has 1 aliphatic carbocycles. The van der Waals surface area contributed by atoms with Crippen molar-refractivity contribution in [2.24, 2.45) is 0 Å². The Bertz CT molecular complexity index is 200. The first kappa shape index (κ1) is 9.00. The fourth-order valence-corrected chi connectivity index (χ4v) is 2.44. The van der Waals surface area contributed by atoms with Gasteiger partial charge in [0.05, 0.1) is 5.25 Å². The van der Waals surface area contributed by atoms with E-state index < -0.39 is 15.4 Å². The molecule has 0 bridgehead atoms. The van der Waals surface area contributed by atoms with Gasteiger partial charge in [-0.1, -0.05) is 30.2 Å². The van der Waals surface area contributed by atoms with Gasteiger partial charge in [-0.2, -0.15) is 8.42 Å². The Morgan fingerprint density at radius 1 is 0.909 bits per heavy atom. The molecule has 0 N–H and O–H groups in total. The van der Waals surface area contributed by atoms with Crippen molar-refractivity contribution >= 4 is 10.1 Å². The maximum atomic E-state index is 10.6. The Morgan fingerprint density at radius 3 is 1.73 bits per heavy atom. The van der Waals surface area contributed by atoms with E-state index in [1.807, 2.05) is 0 Å². The normalized spacial score (nSPS) is 23.0. The molecule has 0 heterocycles. The van der Waals surface area contributed by atoms with Crippen LogP contribution in [0, 0.1) is 0 Å². The Morgan fingerprint density at radius 2 is 1.36 bits per heavy atom. The first-order valence-electron chi connectivity index (χ1n) is 4.05. The third kappa shape index (κ3) is 2.79. The van der Waals surface area contributed by atoms with Gasteiger partial charge >= 0.3 is 0 Å². The maximum absolute atomic E-state index is 10.6. The van der Waals surface area contributed by atoms with Crippen molar-refractivity contribution in [1.29, 1.82) is 0 Å². The summed E-state index contributed by atoms with van der Waals surface area (Å²) in [5, 5.41) is -0.593. The van der Waals surface area contributed by atoms with Crippen LogP contribution in [0.3, 0.4) is 0 Å². The topological polar surface area (TPSA) is 54.0 Å². The molecular weight excluding hydrogens is 164 g/mol. The summed E-state index contributed by atoms with van der Waals surface area (Å²) in [5.41, 5.74) is 0. The summed E-state index contributed by atoms with van der Waals surface area (Å²) in [7, 11) is -4.00. The fraction of sp³-hybridized carbons (Fsp3) is 1.00. The summed E-state index contributed by atoms with van der Waals surface area (Å²) in [5.74, 6) is 0. The lowest BCUT2D eigenvalue weighted by Crippen LogP contribution is -2.17. The van der Waals surface area contributed by atoms with Gasteiger partial charge < -0.3 is 0 Å². The standard InChI is InChI=1S/C7H13O3S/c8-11(9,10)7-5-3-1-2-4-6-7/h7H,1-6H2. The minimum atomic E-state index is -4.00. The van der Waals surface area contributed by atoms with Crippen LogP contribution in [0.2, 0.25) is 0 Å². The molecule has 0 aromatic carbocycles. The minimum absolute atomic E-state index is 0.575. The van der Waals surface area contributed by atoms with E-state index in [0.29, 0.717) is 12.8 Å². The molecule has 0 amide bonds. The zero-order valence-corrected chi connectivity index (χ0v) is 7.27. The predicted molar refractivity (Wildman–Crippen MR) is 41.1 cm³/mol. The summed E-state index contributed by atoms with van der Waals surface area (Å²) in [6.45, 7) is 0. The lowest BCUT2D eigenvalue weighted by Gasteiger charge is -2.06. The van der Waals surface area contributed by atoms with Crippen molar-refractivity contribution in [3.8, 4) is 0 Å². The number of rotatable bonds is 1. The van der Waals surface area contributed by atoms with Gasteiger partial charge in [0.2, 0.25) is 0 Å². The first-order valence-corrected chi connectivity index (χ1v) is 5.52. The Hall–Kier alpha value is -0.0900. The van der Waals surface area contributed by atoms with E-state index >= 15 is 0 Å². The molecule has 0 aromatic rings. The predicted octanol–water partition coefficient (Wildman–Crippen LogP) is 1.47. The summed E-state index contributed by atoms with van der Waals surface area (Å²) in [6, 6.07) is 0. The summed E-state index contributed by atoms with van der Waals surface area (Å²) in [6.07, 6.45) is 5.09. The van der Waals surface area contributed by atoms with Crippen molar-refractivity contribution in [2.45, 2.75) is 43.8 Å². The van der Waals surface area contributed by atoms with Gasteiger partial charge in [-0.25, -0.2) is 0 Å². The summed E-state index contributed by atoms with van der Waals surface area (Å²) < 4.78 is 31.8. The summed E-state index contributed by atoms with van der Waals surface area (Å²) in [4.78, 5) is 0. The van der Waals surface area contributed by atoms with Gasteiger partial charge in [0.1, 0.15) is 0 Å². The molecule has 0 saturated heterocycles. The zero-order valence-electron chi connectivity index (χ0n) is 6.45. The molecule has 0 aliphatic heterocycles. The molecule has 1 radical (unpaired) electrons. The van der Waals surface area contributed by atoms with Crippen molar-refractivity contribution < 1.29 is 13.0 Å². The maximum Gasteiger partial charge on any atom is 0.297 e. The molecule has 3 nitrogen and oxygen atoms in total. The van der Waals surface area contributed by atoms with E-state index in [1.54, 1.807) is 0 Å². The van der Waals surface area contributed by atoms with Crippen LogP contribution in [-0.4, -0.2) is 13.7 Å². The van der Waals surface area contributed by atoms with Gasteiger partial charge in [-0.05, 0) is 12.8 Å². The van der Waals surface area contributed by atoms with Crippen LogP contribution in [0.25, 0.3) is 0 Å². The molecule has 65 valence electrons.